The first kappa shape index (κ1) is 15.2. The zero-order chi connectivity index (χ0) is 15.1. The number of aryl methyl sites for hydroxylation is 1. The van der Waals surface area contributed by atoms with E-state index in [1.54, 1.807) is 23.5 Å². The SMILES string of the molecule is Cc1cscc1Cn1c(C(C)Cl)nc2cc(I)c(F)cc21. The van der Waals surface area contributed by atoms with Crippen LogP contribution >= 0.6 is 45.5 Å². The highest BCUT2D eigenvalue weighted by atomic mass is 127. The highest BCUT2D eigenvalue weighted by Gasteiger charge is 2.17. The van der Waals surface area contributed by atoms with Crippen LogP contribution in [-0.2, 0) is 6.54 Å². The molecule has 21 heavy (non-hydrogen) atoms. The van der Waals surface area contributed by atoms with Gasteiger partial charge in [-0.1, -0.05) is 0 Å². The fraction of sp³-hybridized carbons (Fsp3) is 0.267. The summed E-state index contributed by atoms with van der Waals surface area (Å²) in [6.45, 7) is 4.64. The molecule has 0 aliphatic carbocycles. The smallest absolute Gasteiger partial charge is 0.138 e. The molecule has 0 N–H and O–H groups in total. The predicted octanol–water partition coefficient (Wildman–Crippen LogP) is 5.50. The molecule has 6 heteroatoms. The van der Waals surface area contributed by atoms with Crippen LogP contribution in [0, 0.1) is 16.3 Å². The molecule has 3 rings (SSSR count). The lowest BCUT2D eigenvalue weighted by molar-refractivity contribution is 0.620. The van der Waals surface area contributed by atoms with Crippen LogP contribution in [0.25, 0.3) is 11.0 Å². The Kier molecular flexibility index (Phi) is 4.25. The zero-order valence-electron chi connectivity index (χ0n) is 11.5. The summed E-state index contributed by atoms with van der Waals surface area (Å²) in [7, 11) is 0. The Labute approximate surface area is 145 Å². The van der Waals surface area contributed by atoms with E-state index >= 15 is 0 Å². The van der Waals surface area contributed by atoms with E-state index in [0.717, 1.165) is 16.9 Å². The molecule has 1 unspecified atom stereocenters. The molecule has 0 bridgehead atoms. The Morgan fingerprint density at radius 1 is 1.43 bits per heavy atom. The van der Waals surface area contributed by atoms with Gasteiger partial charge in [-0.3, -0.25) is 0 Å². The van der Waals surface area contributed by atoms with Gasteiger partial charge in [0.1, 0.15) is 11.6 Å². The first-order valence-electron chi connectivity index (χ1n) is 6.48. The van der Waals surface area contributed by atoms with Crippen LogP contribution in [-0.4, -0.2) is 9.55 Å². The van der Waals surface area contributed by atoms with E-state index in [2.05, 4.69) is 22.7 Å². The molecule has 110 valence electrons. The lowest BCUT2D eigenvalue weighted by Gasteiger charge is -2.10. The predicted molar refractivity (Wildman–Crippen MR) is 94.8 cm³/mol. The molecule has 3 aromatic rings. The molecule has 2 heterocycles. The highest BCUT2D eigenvalue weighted by molar-refractivity contribution is 14.1. The fourth-order valence-electron chi connectivity index (χ4n) is 2.33. The molecule has 0 fully saturated rings. The third kappa shape index (κ3) is 2.83. The van der Waals surface area contributed by atoms with Crippen LogP contribution in [0.1, 0.15) is 29.3 Å². The molecule has 1 atom stereocenters. The molecule has 0 saturated heterocycles. The van der Waals surface area contributed by atoms with Crippen molar-refractivity contribution in [3.63, 3.8) is 0 Å². The minimum atomic E-state index is -0.225. The van der Waals surface area contributed by atoms with E-state index in [1.807, 2.05) is 34.1 Å². The van der Waals surface area contributed by atoms with Gasteiger partial charge in [-0.2, -0.15) is 11.3 Å². The van der Waals surface area contributed by atoms with Gasteiger partial charge in [0.25, 0.3) is 0 Å². The molecule has 2 nitrogen and oxygen atoms in total. The largest absolute Gasteiger partial charge is 0.322 e. The second kappa shape index (κ2) is 5.85. The number of hydrogen-bond donors (Lipinski definition) is 0. The fourth-order valence-corrected chi connectivity index (χ4v) is 3.79. The molecule has 0 aliphatic rings. The quantitative estimate of drug-likeness (QED) is 0.393. The maximum absolute atomic E-state index is 13.9. The van der Waals surface area contributed by atoms with Gasteiger partial charge in [0.05, 0.1) is 26.5 Å². The van der Waals surface area contributed by atoms with Gasteiger partial charge in [-0.15, -0.1) is 11.6 Å². The van der Waals surface area contributed by atoms with E-state index < -0.39 is 0 Å². The van der Waals surface area contributed by atoms with Crippen molar-refractivity contribution in [2.24, 2.45) is 0 Å². The maximum atomic E-state index is 13.9. The Morgan fingerprint density at radius 3 is 2.81 bits per heavy atom. The van der Waals surface area contributed by atoms with Crippen molar-refractivity contribution in [3.05, 3.63) is 49.2 Å². The van der Waals surface area contributed by atoms with Gasteiger partial charge in [0.2, 0.25) is 0 Å². The molecular weight excluding hydrogens is 422 g/mol. The topological polar surface area (TPSA) is 17.8 Å². The van der Waals surface area contributed by atoms with Crippen molar-refractivity contribution >= 4 is 56.6 Å². The summed E-state index contributed by atoms with van der Waals surface area (Å²) < 4.78 is 16.5. The van der Waals surface area contributed by atoms with E-state index in [9.17, 15) is 4.39 Å². The summed E-state index contributed by atoms with van der Waals surface area (Å²) >= 11 is 9.92. The van der Waals surface area contributed by atoms with Crippen LogP contribution in [0.4, 0.5) is 4.39 Å². The van der Waals surface area contributed by atoms with Crippen LogP contribution in [0.15, 0.2) is 22.9 Å². The average molecular weight is 435 g/mol. The van der Waals surface area contributed by atoms with Gasteiger partial charge in [-0.25, -0.2) is 9.37 Å². The Balaban J connectivity index is 2.20. The Hall–Kier alpha value is -0.660. The van der Waals surface area contributed by atoms with Gasteiger partial charge in [0, 0.05) is 6.07 Å². The molecule has 0 amide bonds. The van der Waals surface area contributed by atoms with Crippen LogP contribution in [0.2, 0.25) is 0 Å². The summed E-state index contributed by atoms with van der Waals surface area (Å²) in [5.41, 5.74) is 4.04. The Morgan fingerprint density at radius 2 is 2.19 bits per heavy atom. The van der Waals surface area contributed by atoms with E-state index in [4.69, 9.17) is 11.6 Å². The third-order valence-electron chi connectivity index (χ3n) is 3.47. The first-order valence-corrected chi connectivity index (χ1v) is 8.94. The molecule has 0 radical (unpaired) electrons. The van der Waals surface area contributed by atoms with Crippen LogP contribution < -0.4 is 0 Å². The number of rotatable bonds is 3. The van der Waals surface area contributed by atoms with Crippen molar-refractivity contribution < 1.29 is 4.39 Å². The summed E-state index contributed by atoms with van der Waals surface area (Å²) in [5, 5.41) is 4.01. The molecule has 1 aromatic carbocycles. The highest BCUT2D eigenvalue weighted by Crippen LogP contribution is 2.28. The second-order valence-corrected chi connectivity index (χ2v) is 7.57. The monoisotopic (exact) mass is 434 g/mol. The van der Waals surface area contributed by atoms with Gasteiger partial charge in [0.15, 0.2) is 0 Å². The number of thiophene rings is 1. The summed E-state index contributed by atoms with van der Waals surface area (Å²) in [5.74, 6) is 0.554. The summed E-state index contributed by atoms with van der Waals surface area (Å²) in [6, 6.07) is 3.32. The Bertz CT molecular complexity index is 809. The second-order valence-electron chi connectivity index (χ2n) is 5.01. The number of benzene rings is 1. The van der Waals surface area contributed by atoms with Crippen molar-refractivity contribution in [1.82, 2.24) is 9.55 Å². The number of hydrogen-bond acceptors (Lipinski definition) is 2. The first-order chi connectivity index (χ1) is 9.97. The maximum Gasteiger partial charge on any atom is 0.138 e. The number of fused-ring (bicyclic) bond motifs is 1. The van der Waals surface area contributed by atoms with Crippen molar-refractivity contribution in [2.75, 3.05) is 0 Å². The zero-order valence-corrected chi connectivity index (χ0v) is 15.3. The van der Waals surface area contributed by atoms with Gasteiger partial charge in [-0.05, 0) is 64.4 Å². The van der Waals surface area contributed by atoms with Gasteiger partial charge < -0.3 is 4.57 Å². The molecule has 2 aromatic heterocycles. The minimum Gasteiger partial charge on any atom is -0.322 e. The number of nitrogens with zero attached hydrogens (tertiary/aromatic N) is 2. The molecular formula is C15H13ClFIN2S. The van der Waals surface area contributed by atoms with E-state index in [-0.39, 0.29) is 11.2 Å². The number of alkyl halides is 1. The number of aromatic nitrogens is 2. The number of imidazole rings is 1. The average Bonchev–Trinajstić information content (AvgIpc) is 2.97. The molecule has 0 saturated carbocycles. The standard InChI is InChI=1S/C15H13ClFIN2S/c1-8-6-21-7-10(8)5-20-14-3-11(17)12(18)4-13(14)19-15(20)9(2)16/h3-4,6-7,9H,5H2,1-2H3. The molecule has 0 aliphatic heterocycles. The summed E-state index contributed by atoms with van der Waals surface area (Å²) in [4.78, 5) is 4.59. The minimum absolute atomic E-state index is 0.222. The van der Waals surface area contributed by atoms with Gasteiger partial charge >= 0.3 is 0 Å². The number of halogens is 3. The van der Waals surface area contributed by atoms with Crippen LogP contribution in [0.5, 0.6) is 0 Å². The summed E-state index contributed by atoms with van der Waals surface area (Å²) in [6.07, 6.45) is 0. The van der Waals surface area contributed by atoms with E-state index in [0.29, 0.717) is 10.1 Å². The third-order valence-corrected chi connectivity index (χ3v) is 5.40. The normalized spacial score (nSPS) is 13.0. The van der Waals surface area contributed by atoms with Crippen molar-refractivity contribution in [1.29, 1.82) is 0 Å². The van der Waals surface area contributed by atoms with Crippen molar-refractivity contribution in [3.8, 4) is 0 Å². The van der Waals surface area contributed by atoms with Crippen LogP contribution in [0.3, 0.4) is 0 Å². The lowest BCUT2D eigenvalue weighted by Crippen LogP contribution is -2.06. The molecule has 0 spiro atoms. The lowest BCUT2D eigenvalue weighted by atomic mass is 10.2. The van der Waals surface area contributed by atoms with E-state index in [1.165, 1.54) is 11.1 Å². The van der Waals surface area contributed by atoms with Crippen molar-refractivity contribution in [2.45, 2.75) is 25.8 Å².